The van der Waals surface area contributed by atoms with Crippen LogP contribution in [0.2, 0.25) is 0 Å². The molecule has 4 N–H and O–H groups in total. The van der Waals surface area contributed by atoms with Crippen LogP contribution in [0.25, 0.3) is 55.5 Å². The fourth-order valence-corrected chi connectivity index (χ4v) is 5.67. The maximum absolute atomic E-state index is 11.5. The molecule has 0 aliphatic heterocycles. The van der Waals surface area contributed by atoms with Crippen molar-refractivity contribution in [2.75, 3.05) is 0 Å². The second-order valence-corrected chi connectivity index (χ2v) is 10.6. The Morgan fingerprint density at radius 2 is 0.689 bits per heavy atom. The zero-order chi connectivity index (χ0) is 31.8. The van der Waals surface area contributed by atoms with Crippen molar-refractivity contribution < 1.29 is 39.6 Å². The molecule has 6 rings (SSSR count). The summed E-state index contributed by atoms with van der Waals surface area (Å²) in [5.41, 5.74) is 6.42. The first kappa shape index (κ1) is 28.9. The topological polar surface area (TPSA) is 175 Å². The van der Waals surface area contributed by atoms with E-state index in [0.29, 0.717) is 33.3 Å². The van der Waals surface area contributed by atoms with E-state index in [1.165, 1.54) is 24.3 Å². The van der Waals surface area contributed by atoms with Crippen LogP contribution in [0.1, 0.15) is 41.4 Å². The minimum atomic E-state index is -1.22. The van der Waals surface area contributed by atoms with E-state index in [0.717, 1.165) is 46.1 Å². The minimum absolute atomic E-state index is 0.119. The molecule has 0 bridgehead atoms. The Labute approximate surface area is 258 Å². The summed E-state index contributed by atoms with van der Waals surface area (Å²) in [6, 6.07) is 26.4. The summed E-state index contributed by atoms with van der Waals surface area (Å²) >= 11 is 1.07. The van der Waals surface area contributed by atoms with Gasteiger partial charge in [0.2, 0.25) is 0 Å². The largest absolute Gasteiger partial charge is 0.478 e. The molecule has 0 aliphatic carbocycles. The summed E-state index contributed by atoms with van der Waals surface area (Å²) in [6.07, 6.45) is 0. The Morgan fingerprint density at radius 3 is 0.978 bits per heavy atom. The third-order valence-corrected chi connectivity index (χ3v) is 7.86. The molecule has 0 saturated carbocycles. The number of carboxylic acid groups (broad SMARTS) is 4. The second-order valence-electron chi connectivity index (χ2n) is 10.1. The van der Waals surface area contributed by atoms with Crippen molar-refractivity contribution in [3.05, 3.63) is 119 Å². The SMILES string of the molecule is O=C(O)c1cc(C(=O)O)cc(-c2ccc(-c3ccc(-c4ccc(-c5cc(C(=O)O)cc(C(=O)O)c5)cc4)c4nsnc34)cc2)c1. The molecular weight excluding hydrogens is 596 g/mol. The standard InChI is InChI=1S/C34H20N2O8S/c37-31(38)23-11-21(12-24(15-23)32(39)40)17-1-5-19(6-2-17)27-9-10-28(30-29(27)35-45-36-30)20-7-3-18(4-8-20)22-13-25(33(41)42)16-26(14-22)34(43)44/h1-16H,(H,37,38)(H,39,40)(H,41,42)(H,43,44). The van der Waals surface area contributed by atoms with Crippen molar-refractivity contribution in [3.8, 4) is 44.5 Å². The average Bonchev–Trinajstić information content (AvgIpc) is 3.54. The van der Waals surface area contributed by atoms with Gasteiger partial charge in [-0.15, -0.1) is 0 Å². The summed E-state index contributed by atoms with van der Waals surface area (Å²) in [7, 11) is 0. The van der Waals surface area contributed by atoms with E-state index >= 15 is 0 Å². The number of aromatic carboxylic acids is 4. The molecule has 45 heavy (non-hydrogen) atoms. The molecule has 0 saturated heterocycles. The maximum atomic E-state index is 11.5. The van der Waals surface area contributed by atoms with E-state index in [4.69, 9.17) is 0 Å². The van der Waals surface area contributed by atoms with Gasteiger partial charge in [0, 0.05) is 11.1 Å². The number of carboxylic acids is 4. The zero-order valence-electron chi connectivity index (χ0n) is 23.0. The van der Waals surface area contributed by atoms with Gasteiger partial charge in [-0.1, -0.05) is 60.7 Å². The number of rotatable bonds is 8. The number of fused-ring (bicyclic) bond motifs is 1. The fraction of sp³-hybridized carbons (Fsp3) is 0. The van der Waals surface area contributed by atoms with Gasteiger partial charge in [-0.3, -0.25) is 0 Å². The van der Waals surface area contributed by atoms with Gasteiger partial charge in [-0.25, -0.2) is 19.2 Å². The lowest BCUT2D eigenvalue weighted by atomic mass is 9.94. The number of hydrogen-bond donors (Lipinski definition) is 4. The van der Waals surface area contributed by atoms with Crippen molar-refractivity contribution in [2.24, 2.45) is 0 Å². The Bertz CT molecular complexity index is 1950. The van der Waals surface area contributed by atoms with E-state index in [1.807, 2.05) is 36.4 Å². The summed E-state index contributed by atoms with van der Waals surface area (Å²) in [4.78, 5) is 46.1. The zero-order valence-corrected chi connectivity index (χ0v) is 23.8. The van der Waals surface area contributed by atoms with Gasteiger partial charge in [-0.05, 0) is 69.8 Å². The van der Waals surface area contributed by atoms with Crippen LogP contribution in [-0.2, 0) is 0 Å². The highest BCUT2D eigenvalue weighted by molar-refractivity contribution is 7.00. The average molecular weight is 617 g/mol. The molecule has 10 nitrogen and oxygen atoms in total. The van der Waals surface area contributed by atoms with Crippen molar-refractivity contribution in [2.45, 2.75) is 0 Å². The lowest BCUT2D eigenvalue weighted by Gasteiger charge is -2.10. The summed E-state index contributed by atoms with van der Waals surface area (Å²) in [5, 5.41) is 37.7. The first-order chi connectivity index (χ1) is 21.6. The third-order valence-electron chi connectivity index (χ3n) is 7.33. The number of hydrogen-bond acceptors (Lipinski definition) is 7. The Kier molecular flexibility index (Phi) is 7.37. The van der Waals surface area contributed by atoms with Gasteiger partial charge in [0.25, 0.3) is 0 Å². The molecule has 0 aliphatic rings. The van der Waals surface area contributed by atoms with Crippen molar-refractivity contribution >= 4 is 46.6 Å². The molecule has 0 radical (unpaired) electrons. The number of carbonyl (C=O) groups is 4. The molecule has 1 aromatic heterocycles. The first-order valence-electron chi connectivity index (χ1n) is 13.3. The number of benzene rings is 5. The molecule has 220 valence electrons. The predicted octanol–water partition coefficient (Wildman–Crippen LogP) is 7.15. The van der Waals surface area contributed by atoms with Gasteiger partial charge in [0.15, 0.2) is 0 Å². The van der Waals surface area contributed by atoms with Crippen molar-refractivity contribution in [1.29, 1.82) is 0 Å². The monoisotopic (exact) mass is 616 g/mol. The minimum Gasteiger partial charge on any atom is -0.478 e. The van der Waals surface area contributed by atoms with Crippen LogP contribution in [0.5, 0.6) is 0 Å². The van der Waals surface area contributed by atoms with Crippen LogP contribution >= 0.6 is 11.7 Å². The second kappa shape index (κ2) is 11.5. The number of nitrogens with zero attached hydrogens (tertiary/aromatic N) is 2. The van der Waals surface area contributed by atoms with Crippen molar-refractivity contribution in [1.82, 2.24) is 8.75 Å². The Hall–Kier alpha value is -6.20. The van der Waals surface area contributed by atoms with Crippen LogP contribution in [0.15, 0.2) is 97.1 Å². The summed E-state index contributed by atoms with van der Waals surface area (Å²) in [5.74, 6) is -4.87. The quantitative estimate of drug-likeness (QED) is 0.137. The highest BCUT2D eigenvalue weighted by Gasteiger charge is 2.17. The van der Waals surface area contributed by atoms with Crippen molar-refractivity contribution in [3.63, 3.8) is 0 Å². The molecule has 5 aromatic carbocycles. The highest BCUT2D eigenvalue weighted by Crippen LogP contribution is 2.36. The normalized spacial score (nSPS) is 10.9. The summed E-state index contributed by atoms with van der Waals surface area (Å²) < 4.78 is 9.06. The molecule has 6 aromatic rings. The van der Waals surface area contributed by atoms with E-state index in [9.17, 15) is 39.6 Å². The molecule has 0 unspecified atom stereocenters. The molecular formula is C34H20N2O8S. The molecule has 0 spiro atoms. The Morgan fingerprint density at radius 1 is 0.400 bits per heavy atom. The van der Waals surface area contributed by atoms with Gasteiger partial charge in [0.05, 0.1) is 34.0 Å². The molecule has 0 atom stereocenters. The lowest BCUT2D eigenvalue weighted by Crippen LogP contribution is -2.03. The molecule has 0 fully saturated rings. The van der Waals surface area contributed by atoms with Gasteiger partial charge < -0.3 is 20.4 Å². The smallest absolute Gasteiger partial charge is 0.335 e. The van der Waals surface area contributed by atoms with Crippen LogP contribution in [-0.4, -0.2) is 53.1 Å². The van der Waals surface area contributed by atoms with Crippen LogP contribution in [0.4, 0.5) is 0 Å². The van der Waals surface area contributed by atoms with E-state index in [1.54, 1.807) is 24.3 Å². The van der Waals surface area contributed by atoms with Crippen LogP contribution in [0, 0.1) is 0 Å². The Balaban J connectivity index is 1.33. The molecule has 11 heteroatoms. The lowest BCUT2D eigenvalue weighted by molar-refractivity contribution is 0.0676. The summed E-state index contributed by atoms with van der Waals surface area (Å²) in [6.45, 7) is 0. The third kappa shape index (κ3) is 5.63. The van der Waals surface area contributed by atoms with Gasteiger partial charge >= 0.3 is 23.9 Å². The van der Waals surface area contributed by atoms with E-state index < -0.39 is 23.9 Å². The predicted molar refractivity (Wildman–Crippen MR) is 167 cm³/mol. The van der Waals surface area contributed by atoms with Crippen LogP contribution in [0.3, 0.4) is 0 Å². The van der Waals surface area contributed by atoms with Gasteiger partial charge in [0.1, 0.15) is 11.0 Å². The molecule has 0 amide bonds. The van der Waals surface area contributed by atoms with E-state index in [-0.39, 0.29) is 22.3 Å². The van der Waals surface area contributed by atoms with Gasteiger partial charge in [-0.2, -0.15) is 8.75 Å². The van der Waals surface area contributed by atoms with Crippen LogP contribution < -0.4 is 0 Å². The highest BCUT2D eigenvalue weighted by atomic mass is 32.1. The number of aromatic nitrogens is 2. The fourth-order valence-electron chi connectivity index (χ4n) is 5.10. The van der Waals surface area contributed by atoms with E-state index in [2.05, 4.69) is 8.75 Å². The maximum Gasteiger partial charge on any atom is 0.335 e. The molecule has 1 heterocycles. The first-order valence-corrected chi connectivity index (χ1v) is 14.0.